The Labute approximate surface area is 150 Å². The molecule has 1 amide bonds. The molecule has 1 aliphatic rings. The lowest BCUT2D eigenvalue weighted by molar-refractivity contribution is 0.0727. The highest BCUT2D eigenvalue weighted by Crippen LogP contribution is 2.40. The maximum absolute atomic E-state index is 13.4. The van der Waals surface area contributed by atoms with Crippen LogP contribution < -0.4 is 15.4 Å². The summed E-state index contributed by atoms with van der Waals surface area (Å²) >= 11 is 0. The number of ether oxygens (including phenoxy) is 1. The van der Waals surface area contributed by atoms with Gasteiger partial charge in [-0.15, -0.1) is 0 Å². The molecule has 3 rings (SSSR count). The Bertz CT molecular complexity index is 819. The molecule has 2 N–H and O–H groups in total. The van der Waals surface area contributed by atoms with E-state index in [-0.39, 0.29) is 34.6 Å². The number of carbonyl (C=O) groups is 1. The molecule has 2 aromatic rings. The summed E-state index contributed by atoms with van der Waals surface area (Å²) < 4.78 is 31.9. The number of aromatic nitrogens is 1. The van der Waals surface area contributed by atoms with Gasteiger partial charge in [0, 0.05) is 29.9 Å². The third kappa shape index (κ3) is 3.92. The fourth-order valence-corrected chi connectivity index (χ4v) is 2.94. The molecule has 5 nitrogen and oxygen atoms in total. The van der Waals surface area contributed by atoms with Crippen LogP contribution in [0.25, 0.3) is 0 Å². The Morgan fingerprint density at radius 3 is 2.42 bits per heavy atom. The number of amides is 1. The van der Waals surface area contributed by atoms with Crippen molar-refractivity contribution < 1.29 is 18.3 Å². The minimum atomic E-state index is -0.708. The first-order chi connectivity index (χ1) is 12.3. The van der Waals surface area contributed by atoms with E-state index in [0.717, 1.165) is 31.0 Å². The van der Waals surface area contributed by atoms with Crippen molar-refractivity contribution >= 4 is 17.4 Å². The number of nitrogens with zero attached hydrogens (tertiary/aromatic N) is 1. The molecule has 138 valence electrons. The lowest BCUT2D eigenvalue weighted by atomic mass is 9.67. The zero-order valence-electron chi connectivity index (χ0n) is 14.9. The Hall–Kier alpha value is -2.70. The highest BCUT2D eigenvalue weighted by atomic mass is 19.1. The second-order valence-corrected chi connectivity index (χ2v) is 7.11. The molecule has 1 aromatic heterocycles. The monoisotopic (exact) mass is 361 g/mol. The second-order valence-electron chi connectivity index (χ2n) is 7.11. The first-order valence-electron chi connectivity index (χ1n) is 8.37. The Morgan fingerprint density at radius 1 is 1.19 bits per heavy atom. The Balaban J connectivity index is 1.83. The van der Waals surface area contributed by atoms with Crippen molar-refractivity contribution in [1.82, 2.24) is 10.3 Å². The topological polar surface area (TPSA) is 63.2 Å². The second kappa shape index (κ2) is 6.90. The predicted molar refractivity (Wildman–Crippen MR) is 94.7 cm³/mol. The summed E-state index contributed by atoms with van der Waals surface area (Å²) in [5.41, 5.74) is 0.426. The van der Waals surface area contributed by atoms with E-state index in [1.54, 1.807) is 6.07 Å². The number of anilines is 2. The molecule has 1 fully saturated rings. The summed E-state index contributed by atoms with van der Waals surface area (Å²) in [7, 11) is 1.47. The zero-order chi connectivity index (χ0) is 18.9. The zero-order valence-corrected chi connectivity index (χ0v) is 14.9. The molecule has 1 saturated carbocycles. The van der Waals surface area contributed by atoms with Crippen molar-refractivity contribution in [3.63, 3.8) is 0 Å². The van der Waals surface area contributed by atoms with Crippen LogP contribution in [0.15, 0.2) is 30.3 Å². The first kappa shape index (κ1) is 18.1. The van der Waals surface area contributed by atoms with E-state index in [9.17, 15) is 13.6 Å². The third-order valence-corrected chi connectivity index (χ3v) is 4.73. The smallest absolute Gasteiger partial charge is 0.270 e. The number of hydrogen-bond donors (Lipinski definition) is 2. The number of rotatable bonds is 5. The SMILES string of the molecule is COc1cc(Nc2cc(F)cc(F)c2)nc(C(=O)NC2CCC2(C)C)c1. The van der Waals surface area contributed by atoms with Crippen molar-refractivity contribution in [3.8, 4) is 5.75 Å². The van der Waals surface area contributed by atoms with Crippen molar-refractivity contribution in [1.29, 1.82) is 0 Å². The fraction of sp³-hybridized carbons (Fsp3) is 0.368. The van der Waals surface area contributed by atoms with Crippen LogP contribution in [0.1, 0.15) is 37.2 Å². The van der Waals surface area contributed by atoms with Crippen molar-refractivity contribution in [2.45, 2.75) is 32.7 Å². The molecular weight excluding hydrogens is 340 g/mol. The lowest BCUT2D eigenvalue weighted by Gasteiger charge is -2.44. The summed E-state index contributed by atoms with van der Waals surface area (Å²) in [4.78, 5) is 16.8. The standard InChI is InChI=1S/C19H21F2N3O2/c1-19(2)5-4-16(19)24-18(25)15-9-14(26-3)10-17(23-15)22-13-7-11(20)6-12(21)8-13/h6-10,16H,4-5H2,1-3H3,(H,22,23)(H,24,25). The van der Waals surface area contributed by atoms with E-state index >= 15 is 0 Å². The normalized spacial score (nSPS) is 18.0. The van der Waals surface area contributed by atoms with Gasteiger partial charge in [-0.1, -0.05) is 13.8 Å². The maximum atomic E-state index is 13.4. The van der Waals surface area contributed by atoms with Crippen LogP contribution in [0, 0.1) is 17.0 Å². The molecule has 26 heavy (non-hydrogen) atoms. The number of methoxy groups -OCH3 is 1. The van der Waals surface area contributed by atoms with Gasteiger partial charge in [0.2, 0.25) is 0 Å². The van der Waals surface area contributed by atoms with Gasteiger partial charge in [-0.3, -0.25) is 4.79 Å². The molecule has 0 spiro atoms. The number of nitrogens with one attached hydrogen (secondary N) is 2. The molecule has 0 saturated heterocycles. The Morgan fingerprint density at radius 2 is 1.88 bits per heavy atom. The lowest BCUT2D eigenvalue weighted by Crippen LogP contribution is -2.52. The summed E-state index contributed by atoms with van der Waals surface area (Å²) in [6, 6.07) is 6.23. The van der Waals surface area contributed by atoms with Crippen LogP contribution in [-0.2, 0) is 0 Å². The van der Waals surface area contributed by atoms with E-state index in [1.165, 1.54) is 13.2 Å². The molecular formula is C19H21F2N3O2. The van der Waals surface area contributed by atoms with Gasteiger partial charge in [-0.2, -0.15) is 0 Å². The average Bonchev–Trinajstić information content (AvgIpc) is 2.57. The summed E-state index contributed by atoms with van der Waals surface area (Å²) in [5, 5.41) is 5.78. The molecule has 0 bridgehead atoms. The third-order valence-electron chi connectivity index (χ3n) is 4.73. The van der Waals surface area contributed by atoms with Gasteiger partial charge in [-0.05, 0) is 30.4 Å². The predicted octanol–water partition coefficient (Wildman–Crippen LogP) is 4.03. The van der Waals surface area contributed by atoms with Crippen molar-refractivity contribution in [2.75, 3.05) is 12.4 Å². The minimum Gasteiger partial charge on any atom is -0.497 e. The molecule has 0 aliphatic heterocycles. The van der Waals surface area contributed by atoms with E-state index in [0.29, 0.717) is 5.75 Å². The molecule has 1 atom stereocenters. The molecule has 1 aliphatic carbocycles. The molecule has 7 heteroatoms. The summed E-state index contributed by atoms with van der Waals surface area (Å²) in [6.07, 6.45) is 1.98. The van der Waals surface area contributed by atoms with E-state index < -0.39 is 11.6 Å². The van der Waals surface area contributed by atoms with Crippen LogP contribution in [0.5, 0.6) is 5.75 Å². The van der Waals surface area contributed by atoms with Crippen LogP contribution in [0.4, 0.5) is 20.3 Å². The van der Waals surface area contributed by atoms with Gasteiger partial charge in [0.25, 0.3) is 5.91 Å². The van der Waals surface area contributed by atoms with Gasteiger partial charge >= 0.3 is 0 Å². The van der Waals surface area contributed by atoms with Crippen LogP contribution in [0.2, 0.25) is 0 Å². The van der Waals surface area contributed by atoms with Gasteiger partial charge in [-0.25, -0.2) is 13.8 Å². The quantitative estimate of drug-likeness (QED) is 0.844. The minimum absolute atomic E-state index is 0.0642. The number of pyridine rings is 1. The fourth-order valence-electron chi connectivity index (χ4n) is 2.94. The van der Waals surface area contributed by atoms with Gasteiger partial charge in [0.05, 0.1) is 7.11 Å². The maximum Gasteiger partial charge on any atom is 0.270 e. The van der Waals surface area contributed by atoms with Crippen molar-refractivity contribution in [3.05, 3.63) is 47.7 Å². The van der Waals surface area contributed by atoms with Crippen LogP contribution in [0.3, 0.4) is 0 Å². The van der Waals surface area contributed by atoms with Gasteiger partial charge < -0.3 is 15.4 Å². The van der Waals surface area contributed by atoms with Gasteiger partial charge in [0.15, 0.2) is 0 Å². The summed E-state index contributed by atoms with van der Waals surface area (Å²) in [6.45, 7) is 4.21. The Kier molecular flexibility index (Phi) is 4.80. The van der Waals surface area contributed by atoms with Crippen molar-refractivity contribution in [2.24, 2.45) is 5.41 Å². The van der Waals surface area contributed by atoms with Gasteiger partial charge in [0.1, 0.15) is 28.9 Å². The highest BCUT2D eigenvalue weighted by molar-refractivity contribution is 5.93. The number of benzene rings is 1. The molecule has 1 unspecified atom stereocenters. The molecule has 1 aromatic carbocycles. The van der Waals surface area contributed by atoms with E-state index in [4.69, 9.17) is 4.74 Å². The molecule has 1 heterocycles. The summed E-state index contributed by atoms with van der Waals surface area (Å²) in [5.74, 6) is -1.05. The molecule has 0 radical (unpaired) electrons. The number of hydrogen-bond acceptors (Lipinski definition) is 4. The van der Waals surface area contributed by atoms with Crippen LogP contribution >= 0.6 is 0 Å². The average molecular weight is 361 g/mol. The van der Waals surface area contributed by atoms with Crippen LogP contribution in [-0.4, -0.2) is 24.0 Å². The van der Waals surface area contributed by atoms with E-state index in [1.807, 2.05) is 0 Å². The largest absolute Gasteiger partial charge is 0.497 e. The first-order valence-corrected chi connectivity index (χ1v) is 8.37. The number of halogens is 2. The number of carbonyl (C=O) groups excluding carboxylic acids is 1. The van der Waals surface area contributed by atoms with E-state index in [2.05, 4.69) is 29.5 Å². The highest BCUT2D eigenvalue weighted by Gasteiger charge is 2.39.